The van der Waals surface area contributed by atoms with Gasteiger partial charge in [0.2, 0.25) is 0 Å². The molecule has 110 valence electrons. The van der Waals surface area contributed by atoms with Gasteiger partial charge in [0.1, 0.15) is 6.33 Å². The fourth-order valence-electron chi connectivity index (χ4n) is 1.92. The molecule has 1 amide bonds. The maximum absolute atomic E-state index is 12.2. The normalized spacial score (nSPS) is 10.5. The van der Waals surface area contributed by atoms with Gasteiger partial charge >= 0.3 is 0 Å². The number of aryl methyl sites for hydroxylation is 1. The van der Waals surface area contributed by atoms with Crippen molar-refractivity contribution in [2.24, 2.45) is 0 Å². The number of nitrogens with zero attached hydrogens (tertiary/aromatic N) is 4. The predicted octanol–water partition coefficient (Wildman–Crippen LogP) is 2.88. The summed E-state index contributed by atoms with van der Waals surface area (Å²) in [7, 11) is 0. The highest BCUT2D eigenvalue weighted by Gasteiger charge is 2.08. The molecule has 0 aliphatic carbocycles. The zero-order valence-electron chi connectivity index (χ0n) is 11.7. The molecule has 7 heteroatoms. The quantitative estimate of drug-likeness (QED) is 0.807. The molecule has 0 saturated heterocycles. The molecule has 1 heterocycles. The molecule has 0 fully saturated rings. The standard InChI is InChI=1S/C15H12ClN5O/c1-10-2-5-12(8-14(10)16)18-15(22)11-3-6-13(7-4-11)21-9-17-19-20-21/h2-9H,1H3,(H,18,22). The van der Waals surface area contributed by atoms with Crippen LogP contribution in [0.5, 0.6) is 0 Å². The highest BCUT2D eigenvalue weighted by atomic mass is 35.5. The maximum Gasteiger partial charge on any atom is 0.255 e. The molecule has 0 atom stereocenters. The van der Waals surface area contributed by atoms with Gasteiger partial charge in [-0.25, -0.2) is 4.68 Å². The highest BCUT2D eigenvalue weighted by molar-refractivity contribution is 6.31. The number of amides is 1. The summed E-state index contributed by atoms with van der Waals surface area (Å²) in [6.07, 6.45) is 1.49. The van der Waals surface area contributed by atoms with E-state index in [0.29, 0.717) is 16.3 Å². The molecule has 0 unspecified atom stereocenters. The number of hydrogen-bond donors (Lipinski definition) is 1. The summed E-state index contributed by atoms with van der Waals surface area (Å²) in [5.41, 5.74) is 2.93. The summed E-state index contributed by atoms with van der Waals surface area (Å²) in [6.45, 7) is 1.91. The molecule has 0 aliphatic rings. The molecule has 0 spiro atoms. The van der Waals surface area contributed by atoms with E-state index < -0.39 is 0 Å². The Bertz CT molecular complexity index is 799. The van der Waals surface area contributed by atoms with Crippen molar-refractivity contribution < 1.29 is 4.79 Å². The first-order valence-electron chi connectivity index (χ1n) is 6.54. The van der Waals surface area contributed by atoms with Gasteiger partial charge in [-0.05, 0) is 59.3 Å². The van der Waals surface area contributed by atoms with E-state index in [1.807, 2.05) is 19.1 Å². The minimum atomic E-state index is -0.205. The fraction of sp³-hybridized carbons (Fsp3) is 0.0667. The molecule has 1 aromatic heterocycles. The smallest absolute Gasteiger partial charge is 0.255 e. The summed E-state index contributed by atoms with van der Waals surface area (Å²) in [4.78, 5) is 12.2. The van der Waals surface area contributed by atoms with E-state index in [-0.39, 0.29) is 5.91 Å². The number of hydrogen-bond acceptors (Lipinski definition) is 4. The number of aromatic nitrogens is 4. The Morgan fingerprint density at radius 1 is 1.18 bits per heavy atom. The second-order valence-electron chi connectivity index (χ2n) is 4.72. The number of carbonyl (C=O) groups is 1. The topological polar surface area (TPSA) is 72.7 Å². The molecule has 3 aromatic rings. The Kier molecular flexibility index (Phi) is 3.84. The predicted molar refractivity (Wildman–Crippen MR) is 83.3 cm³/mol. The van der Waals surface area contributed by atoms with Crippen molar-refractivity contribution in [3.8, 4) is 5.69 Å². The van der Waals surface area contributed by atoms with Crippen molar-refractivity contribution >= 4 is 23.2 Å². The second kappa shape index (κ2) is 5.95. The van der Waals surface area contributed by atoms with Gasteiger partial charge < -0.3 is 5.32 Å². The van der Waals surface area contributed by atoms with Gasteiger partial charge in [0.25, 0.3) is 5.91 Å². The van der Waals surface area contributed by atoms with Crippen LogP contribution in [0.2, 0.25) is 5.02 Å². The van der Waals surface area contributed by atoms with Crippen molar-refractivity contribution in [3.63, 3.8) is 0 Å². The van der Waals surface area contributed by atoms with E-state index in [2.05, 4.69) is 20.8 Å². The molecule has 2 aromatic carbocycles. The molecular weight excluding hydrogens is 302 g/mol. The first-order chi connectivity index (χ1) is 10.6. The van der Waals surface area contributed by atoms with Gasteiger partial charge in [0.05, 0.1) is 5.69 Å². The minimum absolute atomic E-state index is 0.205. The molecule has 0 bridgehead atoms. The van der Waals surface area contributed by atoms with Crippen LogP contribution < -0.4 is 5.32 Å². The summed E-state index contributed by atoms with van der Waals surface area (Å²) in [5, 5.41) is 14.4. The zero-order chi connectivity index (χ0) is 15.5. The lowest BCUT2D eigenvalue weighted by atomic mass is 10.1. The largest absolute Gasteiger partial charge is 0.322 e. The molecule has 3 rings (SSSR count). The monoisotopic (exact) mass is 313 g/mol. The van der Waals surface area contributed by atoms with Gasteiger partial charge in [-0.3, -0.25) is 4.79 Å². The van der Waals surface area contributed by atoms with Gasteiger partial charge in [-0.15, -0.1) is 5.10 Å². The van der Waals surface area contributed by atoms with Crippen LogP contribution in [0, 0.1) is 6.92 Å². The summed E-state index contributed by atoms with van der Waals surface area (Å²) in [6, 6.07) is 12.4. The van der Waals surface area contributed by atoms with Gasteiger partial charge in [-0.2, -0.15) is 0 Å². The first kappa shape index (κ1) is 14.2. The molecule has 0 saturated carbocycles. The van der Waals surface area contributed by atoms with Crippen LogP contribution in [-0.4, -0.2) is 26.1 Å². The highest BCUT2D eigenvalue weighted by Crippen LogP contribution is 2.20. The van der Waals surface area contributed by atoms with Crippen molar-refractivity contribution in [3.05, 3.63) is 64.9 Å². The van der Waals surface area contributed by atoms with Crippen molar-refractivity contribution in [1.82, 2.24) is 20.2 Å². The number of anilines is 1. The van der Waals surface area contributed by atoms with Gasteiger partial charge in [0.15, 0.2) is 0 Å². The molecule has 1 N–H and O–H groups in total. The van der Waals surface area contributed by atoms with E-state index in [1.165, 1.54) is 11.0 Å². The molecule has 0 radical (unpaired) electrons. The summed E-state index contributed by atoms with van der Waals surface area (Å²) < 4.78 is 1.52. The van der Waals surface area contributed by atoms with E-state index >= 15 is 0 Å². The third kappa shape index (κ3) is 2.96. The van der Waals surface area contributed by atoms with Crippen LogP contribution in [0.15, 0.2) is 48.8 Å². The Labute approximate surface area is 131 Å². The van der Waals surface area contributed by atoms with E-state index in [1.54, 1.807) is 30.3 Å². The first-order valence-corrected chi connectivity index (χ1v) is 6.92. The van der Waals surface area contributed by atoms with Crippen LogP contribution >= 0.6 is 11.6 Å². The molecule has 0 aliphatic heterocycles. The Balaban J connectivity index is 1.76. The third-order valence-electron chi connectivity index (χ3n) is 3.17. The second-order valence-corrected chi connectivity index (χ2v) is 5.13. The minimum Gasteiger partial charge on any atom is -0.322 e. The Morgan fingerprint density at radius 2 is 1.95 bits per heavy atom. The number of carbonyl (C=O) groups excluding carboxylic acids is 1. The van der Waals surface area contributed by atoms with E-state index in [0.717, 1.165) is 11.3 Å². The van der Waals surface area contributed by atoms with Gasteiger partial charge in [-0.1, -0.05) is 17.7 Å². The lowest BCUT2D eigenvalue weighted by Gasteiger charge is -2.07. The summed E-state index contributed by atoms with van der Waals surface area (Å²) >= 11 is 6.05. The third-order valence-corrected chi connectivity index (χ3v) is 3.58. The number of halogens is 1. The number of nitrogens with one attached hydrogen (secondary N) is 1. The number of rotatable bonds is 3. The Morgan fingerprint density at radius 3 is 2.59 bits per heavy atom. The Hall–Kier alpha value is -2.73. The molecule has 22 heavy (non-hydrogen) atoms. The molecule has 6 nitrogen and oxygen atoms in total. The zero-order valence-corrected chi connectivity index (χ0v) is 12.4. The average Bonchev–Trinajstić information content (AvgIpc) is 3.05. The van der Waals surface area contributed by atoms with Crippen LogP contribution in [0.3, 0.4) is 0 Å². The lowest BCUT2D eigenvalue weighted by molar-refractivity contribution is 0.102. The van der Waals surface area contributed by atoms with Crippen LogP contribution in [-0.2, 0) is 0 Å². The van der Waals surface area contributed by atoms with Crippen LogP contribution in [0.25, 0.3) is 5.69 Å². The van der Waals surface area contributed by atoms with Crippen molar-refractivity contribution in [2.45, 2.75) is 6.92 Å². The lowest BCUT2D eigenvalue weighted by Crippen LogP contribution is -2.12. The number of benzene rings is 2. The van der Waals surface area contributed by atoms with Crippen LogP contribution in [0.1, 0.15) is 15.9 Å². The van der Waals surface area contributed by atoms with Crippen molar-refractivity contribution in [1.29, 1.82) is 0 Å². The van der Waals surface area contributed by atoms with E-state index in [9.17, 15) is 4.79 Å². The maximum atomic E-state index is 12.2. The van der Waals surface area contributed by atoms with Crippen molar-refractivity contribution in [2.75, 3.05) is 5.32 Å². The SMILES string of the molecule is Cc1ccc(NC(=O)c2ccc(-n3cnnn3)cc2)cc1Cl. The van der Waals surface area contributed by atoms with E-state index in [4.69, 9.17) is 11.6 Å². The molecular formula is C15H12ClN5O. The van der Waals surface area contributed by atoms with Crippen LogP contribution in [0.4, 0.5) is 5.69 Å². The number of tetrazole rings is 1. The summed E-state index contributed by atoms with van der Waals surface area (Å²) in [5.74, 6) is -0.205. The average molecular weight is 314 g/mol. The fourth-order valence-corrected chi connectivity index (χ4v) is 2.10. The van der Waals surface area contributed by atoms with Gasteiger partial charge in [0, 0.05) is 16.3 Å².